The third-order valence-corrected chi connectivity index (χ3v) is 5.81. The monoisotopic (exact) mass is 430 g/mol. The lowest BCUT2D eigenvalue weighted by Crippen LogP contribution is -2.35. The number of hydrogen-bond acceptors (Lipinski definition) is 5. The molecule has 0 bridgehead atoms. The van der Waals surface area contributed by atoms with Crippen LogP contribution in [0.15, 0.2) is 80.7 Å². The van der Waals surface area contributed by atoms with Gasteiger partial charge in [-0.1, -0.05) is 24.3 Å². The van der Waals surface area contributed by atoms with E-state index in [0.717, 1.165) is 11.1 Å². The molecule has 1 aromatic heterocycles. The summed E-state index contributed by atoms with van der Waals surface area (Å²) in [4.78, 5) is 16.7. The lowest BCUT2D eigenvalue weighted by Gasteiger charge is -2.19. The van der Waals surface area contributed by atoms with Crippen molar-refractivity contribution in [1.82, 2.24) is 5.01 Å². The van der Waals surface area contributed by atoms with Gasteiger partial charge in [-0.15, -0.1) is 0 Å². The molecule has 2 aromatic carbocycles. The highest BCUT2D eigenvalue weighted by atomic mass is 32.2. The SMILES string of the molecule is Cc1ccccc1C1=NN2C(=N)/C(=C/c3ccc(-c4ccc(F)cc4)o3)C(=O)N=C2S1. The standard InChI is InChI=1S/C23H15FN4O2S/c1-13-4-2-3-5-17(13)22-27-28-20(25)18(21(29)26-23(28)31-22)12-16-10-11-19(30-16)14-6-8-15(24)9-7-14/h2-12,25H,1H3/b18-12-,25-20?. The Morgan fingerprint density at radius 3 is 2.65 bits per heavy atom. The largest absolute Gasteiger partial charge is 0.457 e. The number of fused-ring (bicyclic) bond motifs is 1. The molecule has 3 heterocycles. The normalized spacial score (nSPS) is 17.1. The van der Waals surface area contributed by atoms with Gasteiger partial charge in [0, 0.05) is 11.1 Å². The lowest BCUT2D eigenvalue weighted by molar-refractivity contribution is -0.114. The Kier molecular flexibility index (Phi) is 4.63. The fourth-order valence-electron chi connectivity index (χ4n) is 3.26. The van der Waals surface area contributed by atoms with Crippen LogP contribution in [-0.2, 0) is 4.79 Å². The van der Waals surface area contributed by atoms with E-state index >= 15 is 0 Å². The zero-order valence-corrected chi connectivity index (χ0v) is 17.1. The number of rotatable bonds is 3. The van der Waals surface area contributed by atoms with E-state index in [1.165, 1.54) is 35.0 Å². The number of amidine groups is 2. The van der Waals surface area contributed by atoms with Gasteiger partial charge in [0.1, 0.15) is 22.4 Å². The van der Waals surface area contributed by atoms with Gasteiger partial charge < -0.3 is 4.42 Å². The average Bonchev–Trinajstić information content (AvgIpc) is 3.39. The maximum atomic E-state index is 13.1. The van der Waals surface area contributed by atoms with Crippen LogP contribution in [0.5, 0.6) is 0 Å². The fraction of sp³-hybridized carbons (Fsp3) is 0.0435. The summed E-state index contributed by atoms with van der Waals surface area (Å²) >= 11 is 1.26. The molecule has 31 heavy (non-hydrogen) atoms. The summed E-state index contributed by atoms with van der Waals surface area (Å²) in [6.45, 7) is 1.98. The summed E-state index contributed by atoms with van der Waals surface area (Å²) < 4.78 is 18.9. The second kappa shape index (κ2) is 7.48. The number of carbonyl (C=O) groups is 1. The lowest BCUT2D eigenvalue weighted by atomic mass is 10.1. The van der Waals surface area contributed by atoms with E-state index in [1.807, 2.05) is 31.2 Å². The van der Waals surface area contributed by atoms with Crippen LogP contribution >= 0.6 is 11.8 Å². The second-order valence-corrected chi connectivity index (χ2v) is 7.90. The van der Waals surface area contributed by atoms with Crippen molar-refractivity contribution in [2.45, 2.75) is 6.92 Å². The molecule has 1 amide bonds. The summed E-state index contributed by atoms with van der Waals surface area (Å²) in [7, 11) is 0. The molecular weight excluding hydrogens is 415 g/mol. The Morgan fingerprint density at radius 2 is 1.87 bits per heavy atom. The molecule has 1 N–H and O–H groups in total. The Labute approximate surface area is 181 Å². The predicted octanol–water partition coefficient (Wildman–Crippen LogP) is 5.06. The number of hydrazone groups is 1. The molecular formula is C23H15FN4O2S. The van der Waals surface area contributed by atoms with Gasteiger partial charge >= 0.3 is 0 Å². The van der Waals surface area contributed by atoms with Crippen LogP contribution in [0.3, 0.4) is 0 Å². The molecule has 0 saturated carbocycles. The van der Waals surface area contributed by atoms with E-state index < -0.39 is 5.91 Å². The minimum absolute atomic E-state index is 0.0641. The van der Waals surface area contributed by atoms with Crippen LogP contribution in [0.25, 0.3) is 17.4 Å². The summed E-state index contributed by atoms with van der Waals surface area (Å²) in [6, 6.07) is 17.1. The van der Waals surface area contributed by atoms with Gasteiger partial charge in [0.15, 0.2) is 5.84 Å². The van der Waals surface area contributed by atoms with E-state index in [9.17, 15) is 9.18 Å². The Hall–Kier alpha value is -3.78. The van der Waals surface area contributed by atoms with Crippen LogP contribution in [0.2, 0.25) is 0 Å². The van der Waals surface area contributed by atoms with Crippen molar-refractivity contribution in [3.05, 3.63) is 88.9 Å². The average molecular weight is 430 g/mol. The molecule has 3 aromatic rings. The number of aliphatic imine (C=N–C) groups is 1. The van der Waals surface area contributed by atoms with Gasteiger partial charge in [-0.3, -0.25) is 10.2 Å². The number of benzene rings is 2. The summed E-state index contributed by atoms with van der Waals surface area (Å²) in [6.07, 6.45) is 1.48. The highest BCUT2D eigenvalue weighted by molar-refractivity contribution is 8.27. The van der Waals surface area contributed by atoms with E-state index in [-0.39, 0.29) is 17.2 Å². The zero-order valence-electron chi connectivity index (χ0n) is 16.3. The fourth-order valence-corrected chi connectivity index (χ4v) is 4.24. The van der Waals surface area contributed by atoms with E-state index in [2.05, 4.69) is 10.1 Å². The molecule has 8 heteroatoms. The van der Waals surface area contributed by atoms with Crippen molar-refractivity contribution < 1.29 is 13.6 Å². The number of furan rings is 1. The first kappa shape index (κ1) is 19.2. The first-order valence-electron chi connectivity index (χ1n) is 9.41. The van der Waals surface area contributed by atoms with E-state index in [0.29, 0.717) is 27.3 Å². The molecule has 0 spiro atoms. The van der Waals surface area contributed by atoms with E-state index in [1.54, 1.807) is 24.3 Å². The molecule has 0 fully saturated rings. The van der Waals surface area contributed by atoms with Gasteiger partial charge in [0.25, 0.3) is 5.91 Å². The number of amides is 1. The molecule has 0 unspecified atom stereocenters. The Balaban J connectivity index is 1.45. The molecule has 5 rings (SSSR count). The molecule has 0 radical (unpaired) electrons. The molecule has 0 aliphatic carbocycles. The molecule has 2 aliphatic heterocycles. The molecule has 0 atom stereocenters. The van der Waals surface area contributed by atoms with Crippen molar-refractivity contribution in [3.8, 4) is 11.3 Å². The van der Waals surface area contributed by atoms with E-state index in [4.69, 9.17) is 9.83 Å². The van der Waals surface area contributed by atoms with Crippen molar-refractivity contribution in [2.75, 3.05) is 0 Å². The Bertz CT molecular complexity index is 1320. The minimum atomic E-state index is -0.523. The van der Waals surface area contributed by atoms with Crippen LogP contribution in [0.4, 0.5) is 4.39 Å². The molecule has 2 aliphatic rings. The van der Waals surface area contributed by atoms with Crippen molar-refractivity contribution >= 4 is 39.8 Å². The maximum absolute atomic E-state index is 13.1. The van der Waals surface area contributed by atoms with Crippen molar-refractivity contribution in [2.24, 2.45) is 10.1 Å². The number of nitrogens with zero attached hydrogens (tertiary/aromatic N) is 3. The van der Waals surface area contributed by atoms with Gasteiger partial charge in [-0.2, -0.15) is 15.1 Å². The first-order chi connectivity index (χ1) is 15.0. The quantitative estimate of drug-likeness (QED) is 0.589. The third kappa shape index (κ3) is 3.51. The van der Waals surface area contributed by atoms with Crippen molar-refractivity contribution in [3.63, 3.8) is 0 Å². The smallest absolute Gasteiger partial charge is 0.283 e. The number of hydrogen-bond donors (Lipinski definition) is 1. The number of carbonyl (C=O) groups excluding carboxylic acids is 1. The summed E-state index contributed by atoms with van der Waals surface area (Å²) in [5, 5.41) is 15.4. The van der Waals surface area contributed by atoms with Crippen molar-refractivity contribution in [1.29, 1.82) is 5.41 Å². The highest BCUT2D eigenvalue weighted by Gasteiger charge is 2.36. The minimum Gasteiger partial charge on any atom is -0.457 e. The zero-order chi connectivity index (χ0) is 21.5. The molecule has 152 valence electrons. The van der Waals surface area contributed by atoms with Crippen LogP contribution in [0.1, 0.15) is 16.9 Å². The Morgan fingerprint density at radius 1 is 1.10 bits per heavy atom. The number of aryl methyl sites for hydroxylation is 1. The van der Waals surface area contributed by atoms with Crippen LogP contribution in [-0.4, -0.2) is 27.0 Å². The summed E-state index contributed by atoms with van der Waals surface area (Å²) in [5.41, 5.74) is 2.77. The highest BCUT2D eigenvalue weighted by Crippen LogP contribution is 2.32. The van der Waals surface area contributed by atoms with Crippen LogP contribution < -0.4 is 0 Å². The topological polar surface area (TPSA) is 82.0 Å². The number of halogens is 1. The van der Waals surface area contributed by atoms with Crippen LogP contribution in [0, 0.1) is 18.2 Å². The molecule has 0 saturated heterocycles. The predicted molar refractivity (Wildman–Crippen MR) is 119 cm³/mol. The molecule has 6 nitrogen and oxygen atoms in total. The maximum Gasteiger partial charge on any atom is 0.283 e. The number of nitrogens with one attached hydrogen (secondary N) is 1. The third-order valence-electron chi connectivity index (χ3n) is 4.87. The second-order valence-electron chi connectivity index (χ2n) is 6.95. The van der Waals surface area contributed by atoms with Gasteiger partial charge in [0.2, 0.25) is 5.17 Å². The summed E-state index contributed by atoms with van der Waals surface area (Å²) in [5.74, 6) is 0.000600. The van der Waals surface area contributed by atoms with Gasteiger partial charge in [-0.25, -0.2) is 4.39 Å². The number of thioether (sulfide) groups is 1. The van der Waals surface area contributed by atoms with Gasteiger partial charge in [-0.05, 0) is 66.7 Å². The van der Waals surface area contributed by atoms with Gasteiger partial charge in [0.05, 0.1) is 5.57 Å². The first-order valence-corrected chi connectivity index (χ1v) is 10.2.